The molecule has 0 aromatic heterocycles. The monoisotopic (exact) mass is 364 g/mol. The minimum atomic E-state index is -0.205. The zero-order valence-corrected chi connectivity index (χ0v) is 16.4. The molecule has 2 aromatic carbocycles. The maximum atomic E-state index is 14.4. The summed E-state index contributed by atoms with van der Waals surface area (Å²) in [5, 5.41) is 0. The van der Waals surface area contributed by atoms with Gasteiger partial charge in [0.15, 0.2) is 11.6 Å². The molecule has 1 nitrogen and oxygen atoms in total. The van der Waals surface area contributed by atoms with Crippen molar-refractivity contribution in [2.75, 3.05) is 7.11 Å². The Balaban J connectivity index is 1.48. The van der Waals surface area contributed by atoms with E-state index in [0.717, 1.165) is 29.4 Å². The number of halogens is 1. The molecule has 27 heavy (non-hydrogen) atoms. The van der Waals surface area contributed by atoms with Gasteiger partial charge < -0.3 is 4.74 Å². The molecule has 0 unspecified atom stereocenters. The van der Waals surface area contributed by atoms with Crippen LogP contribution in [0.15, 0.2) is 42.5 Å². The molecule has 0 spiro atoms. The van der Waals surface area contributed by atoms with Crippen molar-refractivity contribution in [1.82, 2.24) is 0 Å². The average molecular weight is 365 g/mol. The minimum absolute atomic E-state index is 0.205. The summed E-state index contributed by atoms with van der Waals surface area (Å²) in [4.78, 5) is 0. The van der Waals surface area contributed by atoms with Crippen LogP contribution in [0, 0.1) is 11.7 Å². The molecule has 0 saturated heterocycles. The first-order chi connectivity index (χ1) is 13.2. The molecule has 1 saturated carbocycles. The van der Waals surface area contributed by atoms with Crippen LogP contribution < -0.4 is 4.74 Å². The predicted molar refractivity (Wildman–Crippen MR) is 110 cm³/mol. The summed E-state index contributed by atoms with van der Waals surface area (Å²) in [5.74, 6) is 1.80. The molecule has 0 N–H and O–H groups in total. The van der Waals surface area contributed by atoms with E-state index in [0.29, 0.717) is 12.2 Å². The normalized spacial score (nSPS) is 22.1. The summed E-state index contributed by atoms with van der Waals surface area (Å²) in [6.45, 7) is 2.32. The lowest BCUT2D eigenvalue weighted by Crippen LogP contribution is -2.12. The molecule has 0 aliphatic heterocycles. The Morgan fingerprint density at radius 2 is 1.74 bits per heavy atom. The van der Waals surface area contributed by atoms with Gasteiger partial charge in [0.05, 0.1) is 7.11 Å². The number of benzene rings is 2. The molecule has 2 aromatic rings. The molecule has 2 aliphatic rings. The van der Waals surface area contributed by atoms with Crippen LogP contribution in [0.3, 0.4) is 0 Å². The lowest BCUT2D eigenvalue weighted by molar-refractivity contribution is 0.319. The smallest absolute Gasteiger partial charge is 0.168 e. The highest BCUT2D eigenvalue weighted by molar-refractivity contribution is 5.71. The van der Waals surface area contributed by atoms with Gasteiger partial charge in [0.25, 0.3) is 0 Å². The van der Waals surface area contributed by atoms with Crippen molar-refractivity contribution in [1.29, 1.82) is 0 Å². The second-order valence-corrected chi connectivity index (χ2v) is 8.08. The van der Waals surface area contributed by atoms with Crippen LogP contribution in [-0.4, -0.2) is 7.11 Å². The second kappa shape index (κ2) is 7.88. The van der Waals surface area contributed by atoms with Crippen LogP contribution in [0.1, 0.15) is 67.2 Å². The zero-order valence-electron chi connectivity index (χ0n) is 16.4. The molecule has 4 rings (SSSR count). The van der Waals surface area contributed by atoms with Crippen LogP contribution in [0.25, 0.3) is 5.57 Å². The molecule has 0 heterocycles. The molecular weight excluding hydrogens is 335 g/mol. The maximum absolute atomic E-state index is 14.4. The third-order valence-corrected chi connectivity index (χ3v) is 6.64. The van der Waals surface area contributed by atoms with Crippen molar-refractivity contribution in [3.63, 3.8) is 0 Å². The molecule has 142 valence electrons. The van der Waals surface area contributed by atoms with Gasteiger partial charge in [0, 0.05) is 0 Å². The van der Waals surface area contributed by atoms with Crippen molar-refractivity contribution in [2.45, 2.75) is 57.8 Å². The highest BCUT2D eigenvalue weighted by atomic mass is 19.1. The quantitative estimate of drug-likeness (QED) is 0.586. The largest absolute Gasteiger partial charge is 0.494 e. The molecular formula is C25H29FO. The summed E-state index contributed by atoms with van der Waals surface area (Å²) >= 11 is 0. The fraction of sp³-hybridized carbons (Fsp3) is 0.440. The topological polar surface area (TPSA) is 9.23 Å². The van der Waals surface area contributed by atoms with Gasteiger partial charge in [-0.15, -0.1) is 0 Å². The predicted octanol–water partition coefficient (Wildman–Crippen LogP) is 6.70. The van der Waals surface area contributed by atoms with Crippen molar-refractivity contribution >= 4 is 5.57 Å². The summed E-state index contributed by atoms with van der Waals surface area (Å²) < 4.78 is 19.6. The van der Waals surface area contributed by atoms with E-state index in [9.17, 15) is 4.39 Å². The Morgan fingerprint density at radius 3 is 2.41 bits per heavy atom. The first-order valence-electron chi connectivity index (χ1n) is 10.3. The first kappa shape index (κ1) is 18.3. The van der Waals surface area contributed by atoms with Crippen LogP contribution >= 0.6 is 0 Å². The molecule has 2 heteroatoms. The summed E-state index contributed by atoms with van der Waals surface area (Å²) in [7, 11) is 1.52. The van der Waals surface area contributed by atoms with E-state index >= 15 is 0 Å². The van der Waals surface area contributed by atoms with Crippen LogP contribution in [0.4, 0.5) is 4.39 Å². The molecule has 0 bridgehead atoms. The van der Waals surface area contributed by atoms with Crippen molar-refractivity contribution in [2.24, 2.45) is 5.92 Å². The van der Waals surface area contributed by atoms with Gasteiger partial charge in [-0.25, -0.2) is 4.39 Å². The number of rotatable bonds is 4. The lowest BCUT2D eigenvalue weighted by atomic mass is 9.77. The molecule has 1 fully saturated rings. The average Bonchev–Trinajstić information content (AvgIpc) is 2.74. The third-order valence-electron chi connectivity index (χ3n) is 6.64. The Morgan fingerprint density at radius 1 is 1.00 bits per heavy atom. The van der Waals surface area contributed by atoms with E-state index in [1.165, 1.54) is 55.9 Å². The van der Waals surface area contributed by atoms with Gasteiger partial charge >= 0.3 is 0 Å². The Labute approximate surface area is 162 Å². The molecule has 0 radical (unpaired) electrons. The number of allylic oxidation sites excluding steroid dienone is 2. The van der Waals surface area contributed by atoms with Crippen LogP contribution in [0.2, 0.25) is 0 Å². The highest BCUT2D eigenvalue weighted by Gasteiger charge is 2.22. The van der Waals surface area contributed by atoms with E-state index in [2.05, 4.69) is 37.3 Å². The zero-order chi connectivity index (χ0) is 18.8. The van der Waals surface area contributed by atoms with E-state index in [1.54, 1.807) is 6.07 Å². The fourth-order valence-corrected chi connectivity index (χ4v) is 4.78. The highest BCUT2D eigenvalue weighted by Crippen LogP contribution is 2.38. The van der Waals surface area contributed by atoms with E-state index in [-0.39, 0.29) is 5.82 Å². The fourth-order valence-electron chi connectivity index (χ4n) is 4.78. The Hall–Kier alpha value is -2.09. The van der Waals surface area contributed by atoms with Gasteiger partial charge in [-0.1, -0.05) is 49.8 Å². The number of ether oxygens (including phenoxy) is 1. The van der Waals surface area contributed by atoms with Crippen molar-refractivity contribution in [3.8, 4) is 5.75 Å². The van der Waals surface area contributed by atoms with Gasteiger partial charge in [-0.05, 0) is 84.3 Å². The summed E-state index contributed by atoms with van der Waals surface area (Å²) in [6.07, 6.45) is 10.3. The van der Waals surface area contributed by atoms with Gasteiger partial charge in [0.1, 0.15) is 0 Å². The van der Waals surface area contributed by atoms with Gasteiger partial charge in [-0.2, -0.15) is 0 Å². The van der Waals surface area contributed by atoms with E-state index in [1.807, 2.05) is 6.07 Å². The summed E-state index contributed by atoms with van der Waals surface area (Å²) in [5.41, 5.74) is 5.91. The number of methoxy groups -OCH3 is 1. The third kappa shape index (κ3) is 3.67. The standard InChI is InChI=1S/C25H29FO/c1-3-17-4-6-18(7-5-17)19-8-10-20(11-9-19)21-12-14-23-22(16-21)13-15-24(27-2)25(23)26/h8-13,15,17-18H,3-7,14,16H2,1-2H3. The first-order valence-corrected chi connectivity index (χ1v) is 10.3. The Kier molecular flexibility index (Phi) is 5.33. The van der Waals surface area contributed by atoms with E-state index in [4.69, 9.17) is 4.74 Å². The van der Waals surface area contributed by atoms with Gasteiger partial charge in [-0.3, -0.25) is 0 Å². The van der Waals surface area contributed by atoms with Crippen LogP contribution in [0.5, 0.6) is 5.75 Å². The Bertz CT molecular complexity index is 826. The lowest BCUT2D eigenvalue weighted by Gasteiger charge is -2.28. The van der Waals surface area contributed by atoms with E-state index < -0.39 is 0 Å². The molecule has 0 amide bonds. The maximum Gasteiger partial charge on any atom is 0.168 e. The molecule has 0 atom stereocenters. The second-order valence-electron chi connectivity index (χ2n) is 8.08. The minimum Gasteiger partial charge on any atom is -0.494 e. The van der Waals surface area contributed by atoms with Crippen molar-refractivity contribution < 1.29 is 9.13 Å². The SMILES string of the molecule is CCC1CCC(c2ccc(C3=CCc4c(ccc(OC)c4F)C3)cc2)CC1. The number of fused-ring (bicyclic) bond motifs is 1. The number of hydrogen-bond acceptors (Lipinski definition) is 1. The van der Waals surface area contributed by atoms with Crippen LogP contribution in [-0.2, 0) is 12.8 Å². The number of hydrogen-bond donors (Lipinski definition) is 0. The summed E-state index contributed by atoms with van der Waals surface area (Å²) in [6, 6.07) is 12.9. The van der Waals surface area contributed by atoms with Crippen molar-refractivity contribution in [3.05, 3.63) is 70.5 Å². The molecule has 2 aliphatic carbocycles. The van der Waals surface area contributed by atoms with Gasteiger partial charge in [0.2, 0.25) is 0 Å².